The average Bonchev–Trinajstić information content (AvgIpc) is 2.67. The Bertz CT molecular complexity index is 768. The van der Waals surface area contributed by atoms with Crippen LogP contribution in [-0.4, -0.2) is 43.9 Å². The van der Waals surface area contributed by atoms with Gasteiger partial charge in [-0.25, -0.2) is 4.39 Å². The summed E-state index contributed by atoms with van der Waals surface area (Å²) in [5.74, 6) is -0.705. The van der Waals surface area contributed by atoms with Crippen molar-refractivity contribution in [2.45, 2.75) is 12.1 Å². The highest BCUT2D eigenvalue weighted by atomic mass is 19.4. The molecule has 1 saturated heterocycles. The standard InChI is InChI=1S/C20H20F4N2O/c21-18-6-4-15(5-7-18)16(14-27)13-25-8-10-26(11-9-25)19-3-1-2-17(12-19)20(22,23)24/h1-7,12,14,16H,8-11,13H2. The first-order valence-corrected chi connectivity index (χ1v) is 8.72. The first-order valence-electron chi connectivity index (χ1n) is 8.72. The summed E-state index contributed by atoms with van der Waals surface area (Å²) < 4.78 is 51.7. The van der Waals surface area contributed by atoms with E-state index in [-0.39, 0.29) is 11.7 Å². The van der Waals surface area contributed by atoms with Crippen molar-refractivity contribution in [3.8, 4) is 0 Å². The molecule has 0 N–H and O–H groups in total. The molecule has 0 bridgehead atoms. The third-order valence-electron chi connectivity index (χ3n) is 4.83. The van der Waals surface area contributed by atoms with E-state index < -0.39 is 11.7 Å². The molecule has 0 radical (unpaired) electrons. The van der Waals surface area contributed by atoms with Crippen molar-refractivity contribution in [3.63, 3.8) is 0 Å². The van der Waals surface area contributed by atoms with E-state index in [1.807, 2.05) is 4.90 Å². The number of anilines is 1. The van der Waals surface area contributed by atoms with Crippen LogP contribution in [0, 0.1) is 5.82 Å². The van der Waals surface area contributed by atoms with E-state index in [0.29, 0.717) is 38.4 Å². The van der Waals surface area contributed by atoms with Crippen LogP contribution in [0.5, 0.6) is 0 Å². The maximum atomic E-state index is 13.0. The van der Waals surface area contributed by atoms with Gasteiger partial charge in [0.1, 0.15) is 12.1 Å². The molecule has 1 atom stereocenters. The number of benzene rings is 2. The Balaban J connectivity index is 1.60. The van der Waals surface area contributed by atoms with Crippen LogP contribution in [0.2, 0.25) is 0 Å². The van der Waals surface area contributed by atoms with Gasteiger partial charge in [-0.2, -0.15) is 13.2 Å². The number of halogens is 4. The highest BCUT2D eigenvalue weighted by Gasteiger charge is 2.31. The van der Waals surface area contributed by atoms with Crippen molar-refractivity contribution < 1.29 is 22.4 Å². The quantitative estimate of drug-likeness (QED) is 0.580. The van der Waals surface area contributed by atoms with Gasteiger partial charge in [0.15, 0.2) is 0 Å². The molecule has 3 nitrogen and oxygen atoms in total. The molecule has 0 saturated carbocycles. The number of piperazine rings is 1. The second-order valence-electron chi connectivity index (χ2n) is 6.63. The molecule has 27 heavy (non-hydrogen) atoms. The van der Waals surface area contributed by atoms with Gasteiger partial charge in [0.2, 0.25) is 0 Å². The molecule has 0 spiro atoms. The minimum atomic E-state index is -4.36. The van der Waals surface area contributed by atoms with Crippen LogP contribution in [-0.2, 0) is 11.0 Å². The van der Waals surface area contributed by atoms with Gasteiger partial charge in [-0.3, -0.25) is 4.90 Å². The summed E-state index contributed by atoms with van der Waals surface area (Å²) in [4.78, 5) is 15.5. The Hall–Kier alpha value is -2.41. The summed E-state index contributed by atoms with van der Waals surface area (Å²) in [5.41, 5.74) is 0.654. The number of hydrogen-bond donors (Lipinski definition) is 0. The van der Waals surface area contributed by atoms with E-state index in [0.717, 1.165) is 17.9 Å². The van der Waals surface area contributed by atoms with Crippen LogP contribution in [0.15, 0.2) is 48.5 Å². The molecular weight excluding hydrogens is 360 g/mol. The zero-order valence-corrected chi connectivity index (χ0v) is 14.6. The second kappa shape index (κ2) is 8.08. The Morgan fingerprint density at radius 3 is 2.26 bits per heavy atom. The fraction of sp³-hybridized carbons (Fsp3) is 0.350. The van der Waals surface area contributed by atoms with E-state index in [2.05, 4.69) is 4.90 Å². The number of carbonyl (C=O) groups excluding carboxylic acids is 1. The number of aldehydes is 1. The van der Waals surface area contributed by atoms with Crippen LogP contribution < -0.4 is 4.90 Å². The van der Waals surface area contributed by atoms with Crippen molar-refractivity contribution in [2.75, 3.05) is 37.6 Å². The molecule has 1 unspecified atom stereocenters. The van der Waals surface area contributed by atoms with Crippen LogP contribution in [0.4, 0.5) is 23.2 Å². The number of alkyl halides is 3. The molecule has 144 valence electrons. The van der Waals surface area contributed by atoms with E-state index in [1.165, 1.54) is 24.3 Å². The molecule has 1 fully saturated rings. The van der Waals surface area contributed by atoms with Gasteiger partial charge in [0.25, 0.3) is 0 Å². The summed E-state index contributed by atoms with van der Waals surface area (Å²) in [6, 6.07) is 11.2. The van der Waals surface area contributed by atoms with Crippen LogP contribution >= 0.6 is 0 Å². The van der Waals surface area contributed by atoms with Gasteiger partial charge in [-0.1, -0.05) is 18.2 Å². The lowest BCUT2D eigenvalue weighted by atomic mass is 9.99. The highest BCUT2D eigenvalue weighted by molar-refractivity contribution is 5.62. The number of hydrogen-bond acceptors (Lipinski definition) is 3. The van der Waals surface area contributed by atoms with Gasteiger partial charge in [-0.05, 0) is 35.9 Å². The third kappa shape index (κ3) is 4.86. The van der Waals surface area contributed by atoms with Gasteiger partial charge in [0, 0.05) is 38.4 Å². The molecular formula is C20H20F4N2O. The minimum Gasteiger partial charge on any atom is -0.369 e. The summed E-state index contributed by atoms with van der Waals surface area (Å²) >= 11 is 0. The molecule has 1 aliphatic rings. The minimum absolute atomic E-state index is 0.349. The zero-order valence-electron chi connectivity index (χ0n) is 14.6. The van der Waals surface area contributed by atoms with Crippen LogP contribution in [0.1, 0.15) is 17.0 Å². The largest absolute Gasteiger partial charge is 0.416 e. The summed E-state index contributed by atoms with van der Waals surface area (Å²) in [6.45, 7) is 2.95. The van der Waals surface area contributed by atoms with Gasteiger partial charge in [0.05, 0.1) is 11.5 Å². The Labute approximate surface area is 155 Å². The molecule has 0 aromatic heterocycles. The van der Waals surface area contributed by atoms with Crippen molar-refractivity contribution in [1.82, 2.24) is 4.90 Å². The fourth-order valence-corrected chi connectivity index (χ4v) is 3.28. The Morgan fingerprint density at radius 1 is 1.00 bits per heavy atom. The van der Waals surface area contributed by atoms with Gasteiger partial charge in [-0.15, -0.1) is 0 Å². The Kier molecular flexibility index (Phi) is 5.79. The second-order valence-corrected chi connectivity index (χ2v) is 6.63. The highest BCUT2D eigenvalue weighted by Crippen LogP contribution is 2.32. The lowest BCUT2D eigenvalue weighted by molar-refractivity contribution is -0.137. The maximum Gasteiger partial charge on any atom is 0.416 e. The molecule has 3 rings (SSSR count). The SMILES string of the molecule is O=CC(CN1CCN(c2cccc(C(F)(F)F)c2)CC1)c1ccc(F)cc1. The lowest BCUT2D eigenvalue weighted by Gasteiger charge is -2.37. The van der Waals surface area contributed by atoms with Gasteiger partial charge < -0.3 is 9.69 Å². The smallest absolute Gasteiger partial charge is 0.369 e. The Morgan fingerprint density at radius 2 is 1.67 bits per heavy atom. The first kappa shape index (κ1) is 19.4. The molecule has 7 heteroatoms. The predicted molar refractivity (Wildman–Crippen MR) is 95.3 cm³/mol. The molecule has 1 heterocycles. The molecule has 0 aliphatic carbocycles. The average molecular weight is 380 g/mol. The van der Waals surface area contributed by atoms with Crippen molar-refractivity contribution in [2.24, 2.45) is 0 Å². The third-order valence-corrected chi connectivity index (χ3v) is 4.83. The number of nitrogens with zero attached hydrogens (tertiary/aromatic N) is 2. The molecule has 0 amide bonds. The molecule has 1 aliphatic heterocycles. The number of carbonyl (C=O) groups is 1. The van der Waals surface area contributed by atoms with E-state index >= 15 is 0 Å². The van der Waals surface area contributed by atoms with Crippen LogP contribution in [0.3, 0.4) is 0 Å². The van der Waals surface area contributed by atoms with Crippen molar-refractivity contribution in [3.05, 3.63) is 65.5 Å². The molecule has 2 aromatic carbocycles. The normalized spacial score (nSPS) is 17.0. The summed E-state index contributed by atoms with van der Waals surface area (Å²) in [6.07, 6.45) is -3.50. The van der Waals surface area contributed by atoms with Crippen molar-refractivity contribution in [1.29, 1.82) is 0 Å². The monoisotopic (exact) mass is 380 g/mol. The molecule has 2 aromatic rings. The topological polar surface area (TPSA) is 23.6 Å². The first-order chi connectivity index (χ1) is 12.9. The van der Waals surface area contributed by atoms with E-state index in [1.54, 1.807) is 18.2 Å². The van der Waals surface area contributed by atoms with E-state index in [9.17, 15) is 22.4 Å². The van der Waals surface area contributed by atoms with E-state index in [4.69, 9.17) is 0 Å². The van der Waals surface area contributed by atoms with Gasteiger partial charge >= 0.3 is 6.18 Å². The summed E-state index contributed by atoms with van der Waals surface area (Å²) in [5, 5.41) is 0. The lowest BCUT2D eigenvalue weighted by Crippen LogP contribution is -2.47. The predicted octanol–water partition coefficient (Wildman–Crippen LogP) is 3.95. The maximum absolute atomic E-state index is 13.0. The summed E-state index contributed by atoms with van der Waals surface area (Å²) in [7, 11) is 0. The van der Waals surface area contributed by atoms with Crippen molar-refractivity contribution >= 4 is 12.0 Å². The number of rotatable bonds is 5. The van der Waals surface area contributed by atoms with Crippen LogP contribution in [0.25, 0.3) is 0 Å². The zero-order chi connectivity index (χ0) is 19.4. The fourth-order valence-electron chi connectivity index (χ4n) is 3.28.